The van der Waals surface area contributed by atoms with Crippen LogP contribution in [0.5, 0.6) is 0 Å². The van der Waals surface area contributed by atoms with Gasteiger partial charge in [0.15, 0.2) is 0 Å². The van der Waals surface area contributed by atoms with E-state index < -0.39 is 0 Å². The second-order valence-electron chi connectivity index (χ2n) is 7.02. The van der Waals surface area contributed by atoms with Crippen LogP contribution in [0.15, 0.2) is 24.3 Å². The molecule has 1 aromatic heterocycles. The number of nitrogens with one attached hydrogen (secondary N) is 1. The highest BCUT2D eigenvalue weighted by molar-refractivity contribution is 7.13. The van der Waals surface area contributed by atoms with Crippen LogP contribution < -0.4 is 5.32 Å². The van der Waals surface area contributed by atoms with Crippen molar-refractivity contribution in [2.75, 3.05) is 7.05 Å². The Kier molecular flexibility index (Phi) is 7.54. The molecule has 0 saturated heterocycles. The van der Waals surface area contributed by atoms with Crippen LogP contribution in [0.25, 0.3) is 0 Å². The molecule has 27 heavy (non-hydrogen) atoms. The Morgan fingerprint density at radius 1 is 1.22 bits per heavy atom. The maximum absolute atomic E-state index is 12.5. The number of aromatic nitrogens is 1. The lowest BCUT2D eigenvalue weighted by Gasteiger charge is -2.21. The summed E-state index contributed by atoms with van der Waals surface area (Å²) in [6, 6.07) is 7.54. The summed E-state index contributed by atoms with van der Waals surface area (Å²) in [6.45, 7) is 8.42. The van der Waals surface area contributed by atoms with E-state index in [0.717, 1.165) is 35.5 Å². The molecule has 1 heterocycles. The fourth-order valence-corrected chi connectivity index (χ4v) is 3.59. The van der Waals surface area contributed by atoms with Crippen molar-refractivity contribution < 1.29 is 9.59 Å². The van der Waals surface area contributed by atoms with Crippen molar-refractivity contribution >= 4 is 23.2 Å². The first-order chi connectivity index (χ1) is 12.8. The maximum Gasteiger partial charge on any atom is 0.263 e. The number of aryl methyl sites for hydroxylation is 2. The molecule has 0 fully saturated rings. The minimum atomic E-state index is -0.0903. The van der Waals surface area contributed by atoms with Crippen molar-refractivity contribution in [2.45, 2.75) is 59.5 Å². The van der Waals surface area contributed by atoms with E-state index in [1.807, 2.05) is 45.0 Å². The van der Waals surface area contributed by atoms with E-state index in [4.69, 9.17) is 0 Å². The highest BCUT2D eigenvalue weighted by Gasteiger charge is 2.16. The highest BCUT2D eigenvalue weighted by atomic mass is 32.1. The molecule has 0 spiro atoms. The number of carbonyl (C=O) groups excluding carboxylic acids is 2. The third kappa shape index (κ3) is 5.63. The molecule has 1 aromatic carbocycles. The molecule has 0 saturated carbocycles. The zero-order valence-electron chi connectivity index (χ0n) is 16.8. The molecule has 1 N–H and O–H groups in total. The van der Waals surface area contributed by atoms with Crippen molar-refractivity contribution in [1.82, 2.24) is 15.2 Å². The van der Waals surface area contributed by atoms with Gasteiger partial charge in [0, 0.05) is 25.2 Å². The third-order valence-corrected chi connectivity index (χ3v) is 5.76. The van der Waals surface area contributed by atoms with Gasteiger partial charge in [-0.15, -0.1) is 11.3 Å². The van der Waals surface area contributed by atoms with E-state index in [-0.39, 0.29) is 17.9 Å². The summed E-state index contributed by atoms with van der Waals surface area (Å²) in [7, 11) is 1.80. The van der Waals surface area contributed by atoms with Gasteiger partial charge in [-0.1, -0.05) is 25.5 Å². The molecule has 0 aliphatic rings. The Hall–Kier alpha value is -2.21. The summed E-state index contributed by atoms with van der Waals surface area (Å²) in [4.78, 5) is 31.7. The van der Waals surface area contributed by atoms with Gasteiger partial charge in [0.1, 0.15) is 4.88 Å². The van der Waals surface area contributed by atoms with Crippen LogP contribution >= 0.6 is 11.3 Å². The number of amides is 2. The van der Waals surface area contributed by atoms with Crippen molar-refractivity contribution in [3.8, 4) is 0 Å². The molecule has 0 aliphatic carbocycles. The van der Waals surface area contributed by atoms with E-state index in [0.29, 0.717) is 17.0 Å². The molecular weight excluding hydrogens is 358 g/mol. The second-order valence-corrected chi connectivity index (χ2v) is 8.10. The molecular formula is C21H29N3O2S. The Morgan fingerprint density at radius 2 is 1.89 bits per heavy atom. The van der Waals surface area contributed by atoms with Gasteiger partial charge in [0.05, 0.1) is 10.7 Å². The zero-order chi connectivity index (χ0) is 20.0. The number of carbonyl (C=O) groups is 2. The minimum Gasteiger partial charge on any atom is -0.347 e. The summed E-state index contributed by atoms with van der Waals surface area (Å²) in [6.07, 6.45) is 3.13. The molecule has 2 aromatic rings. The summed E-state index contributed by atoms with van der Waals surface area (Å²) >= 11 is 1.48. The first-order valence-electron chi connectivity index (χ1n) is 9.44. The van der Waals surface area contributed by atoms with E-state index in [1.165, 1.54) is 11.3 Å². The Balaban J connectivity index is 1.95. The third-order valence-electron chi connectivity index (χ3n) is 4.54. The molecule has 2 rings (SSSR count). The van der Waals surface area contributed by atoms with Crippen LogP contribution in [0.2, 0.25) is 0 Å². The molecule has 0 unspecified atom stereocenters. The molecule has 5 nitrogen and oxygen atoms in total. The molecule has 2 amide bonds. The van der Waals surface area contributed by atoms with Crippen LogP contribution in [-0.2, 0) is 13.0 Å². The predicted molar refractivity (Wildman–Crippen MR) is 110 cm³/mol. The van der Waals surface area contributed by atoms with E-state index in [2.05, 4.69) is 17.2 Å². The first-order valence-corrected chi connectivity index (χ1v) is 10.3. The monoisotopic (exact) mass is 387 g/mol. The van der Waals surface area contributed by atoms with Crippen molar-refractivity contribution in [2.24, 2.45) is 0 Å². The number of benzene rings is 1. The Morgan fingerprint density at radius 3 is 2.48 bits per heavy atom. The lowest BCUT2D eigenvalue weighted by molar-refractivity contribution is 0.0754. The van der Waals surface area contributed by atoms with Crippen LogP contribution in [0.4, 0.5) is 0 Å². The molecule has 0 atom stereocenters. The summed E-state index contributed by atoms with van der Waals surface area (Å²) in [5.74, 6) is -0.0899. The van der Waals surface area contributed by atoms with Gasteiger partial charge in [0.2, 0.25) is 0 Å². The van der Waals surface area contributed by atoms with Gasteiger partial charge in [-0.2, -0.15) is 0 Å². The lowest BCUT2D eigenvalue weighted by atomic mass is 10.1. The highest BCUT2D eigenvalue weighted by Crippen LogP contribution is 2.20. The number of hydrogen-bond acceptors (Lipinski definition) is 4. The Bertz CT molecular complexity index is 781. The number of hydrogen-bond donors (Lipinski definition) is 1. The standard InChI is InChI=1S/C21H29N3O2S/c1-6-7-8-18-23-15(4)19(27-18)20(25)22-13-16-9-11-17(12-10-16)21(26)24(5)14(2)3/h9-12,14H,6-8,13H2,1-5H3,(H,22,25). The van der Waals surface area contributed by atoms with Gasteiger partial charge in [-0.05, 0) is 51.3 Å². The SMILES string of the molecule is CCCCc1nc(C)c(C(=O)NCc2ccc(C(=O)N(C)C(C)C)cc2)s1. The molecule has 146 valence electrons. The predicted octanol–water partition coefficient (Wildman–Crippen LogP) is 4.20. The summed E-state index contributed by atoms with van der Waals surface area (Å²) in [5, 5.41) is 3.98. The fraction of sp³-hybridized carbons (Fsp3) is 0.476. The van der Waals surface area contributed by atoms with Crippen molar-refractivity contribution in [1.29, 1.82) is 0 Å². The molecule has 0 radical (unpaired) electrons. The normalized spacial score (nSPS) is 10.9. The van der Waals surface area contributed by atoms with Gasteiger partial charge < -0.3 is 10.2 Å². The average molecular weight is 388 g/mol. The molecule has 0 bridgehead atoms. The Labute approximate surface area is 165 Å². The first kappa shape index (κ1) is 21.1. The summed E-state index contributed by atoms with van der Waals surface area (Å²) < 4.78 is 0. The van der Waals surface area contributed by atoms with Crippen LogP contribution in [0.3, 0.4) is 0 Å². The minimum absolute atomic E-state index is 0.000443. The number of nitrogens with zero attached hydrogens (tertiary/aromatic N) is 2. The lowest BCUT2D eigenvalue weighted by Crippen LogP contribution is -2.32. The van der Waals surface area contributed by atoms with Gasteiger partial charge in [0.25, 0.3) is 11.8 Å². The topological polar surface area (TPSA) is 62.3 Å². The second kappa shape index (κ2) is 9.65. The maximum atomic E-state index is 12.5. The van der Waals surface area contributed by atoms with Crippen LogP contribution in [0.1, 0.15) is 69.9 Å². The number of thiazole rings is 1. The quantitative estimate of drug-likeness (QED) is 0.738. The average Bonchev–Trinajstić information content (AvgIpc) is 3.04. The molecule has 0 aliphatic heterocycles. The van der Waals surface area contributed by atoms with Gasteiger partial charge in [-0.3, -0.25) is 9.59 Å². The van der Waals surface area contributed by atoms with Crippen molar-refractivity contribution in [3.05, 3.63) is 51.0 Å². The zero-order valence-corrected chi connectivity index (χ0v) is 17.7. The van der Waals surface area contributed by atoms with Gasteiger partial charge >= 0.3 is 0 Å². The van der Waals surface area contributed by atoms with E-state index >= 15 is 0 Å². The van der Waals surface area contributed by atoms with Crippen molar-refractivity contribution in [3.63, 3.8) is 0 Å². The van der Waals surface area contributed by atoms with Gasteiger partial charge in [-0.25, -0.2) is 4.98 Å². The summed E-state index contributed by atoms with van der Waals surface area (Å²) in [5.41, 5.74) is 2.40. The largest absolute Gasteiger partial charge is 0.347 e. The molecule has 6 heteroatoms. The van der Waals surface area contributed by atoms with E-state index in [9.17, 15) is 9.59 Å². The smallest absolute Gasteiger partial charge is 0.263 e. The van der Waals surface area contributed by atoms with E-state index in [1.54, 1.807) is 11.9 Å². The van der Waals surface area contributed by atoms with Crippen LogP contribution in [-0.4, -0.2) is 34.8 Å². The number of unbranched alkanes of at least 4 members (excludes halogenated alkanes) is 1. The fourth-order valence-electron chi connectivity index (χ4n) is 2.56. The number of rotatable bonds is 8. The van der Waals surface area contributed by atoms with Crippen LogP contribution in [0, 0.1) is 6.92 Å².